The molecule has 0 aromatic heterocycles. The van der Waals surface area contributed by atoms with Gasteiger partial charge >= 0.3 is 0 Å². The summed E-state index contributed by atoms with van der Waals surface area (Å²) in [4.78, 5) is 26.9. The number of piperidine rings is 1. The Labute approximate surface area is 138 Å². The van der Waals surface area contributed by atoms with Crippen molar-refractivity contribution in [3.05, 3.63) is 28.2 Å². The van der Waals surface area contributed by atoms with Gasteiger partial charge in [-0.15, -0.1) is 12.6 Å². The van der Waals surface area contributed by atoms with Gasteiger partial charge in [0.2, 0.25) is 5.91 Å². The van der Waals surface area contributed by atoms with E-state index in [1.165, 1.54) is 6.42 Å². The summed E-state index contributed by atoms with van der Waals surface area (Å²) < 4.78 is 0.862. The summed E-state index contributed by atoms with van der Waals surface area (Å²) in [5.41, 5.74) is 0.472. The smallest absolute Gasteiger partial charge is 0.253 e. The largest absolute Gasteiger partial charge is 0.341 e. The third-order valence-electron chi connectivity index (χ3n) is 3.59. The van der Waals surface area contributed by atoms with Crippen LogP contribution in [0.2, 0.25) is 0 Å². The second-order valence-electron chi connectivity index (χ2n) is 5.24. The first kappa shape index (κ1) is 16.4. The summed E-state index contributed by atoms with van der Waals surface area (Å²) >= 11 is 7.63. The minimum atomic E-state index is -0.521. The molecule has 0 spiro atoms. The molecule has 1 heterocycles. The highest BCUT2D eigenvalue weighted by molar-refractivity contribution is 9.10. The van der Waals surface area contributed by atoms with E-state index in [1.807, 2.05) is 4.90 Å². The zero-order chi connectivity index (χ0) is 15.4. The highest BCUT2D eigenvalue weighted by atomic mass is 79.9. The number of carbonyl (C=O) groups is 2. The molecule has 1 aliphatic heterocycles. The lowest BCUT2D eigenvalue weighted by Crippen LogP contribution is -2.48. The number of hydrogen-bond acceptors (Lipinski definition) is 3. The van der Waals surface area contributed by atoms with Gasteiger partial charge in [0.1, 0.15) is 6.04 Å². The highest BCUT2D eigenvalue weighted by Crippen LogP contribution is 2.20. The molecular formula is C15H19BrN2O2S. The van der Waals surface area contributed by atoms with Crippen LogP contribution in [0.15, 0.2) is 27.6 Å². The van der Waals surface area contributed by atoms with Crippen LogP contribution >= 0.6 is 28.6 Å². The molecule has 0 radical (unpaired) electrons. The average Bonchev–Trinajstić information content (AvgIpc) is 2.47. The summed E-state index contributed by atoms with van der Waals surface area (Å²) in [6.45, 7) is 3.30. The summed E-state index contributed by atoms with van der Waals surface area (Å²) in [5, 5.41) is 2.76. The van der Waals surface area contributed by atoms with Gasteiger partial charge in [-0.25, -0.2) is 0 Å². The number of hydrogen-bond donors (Lipinski definition) is 2. The lowest BCUT2D eigenvalue weighted by molar-refractivity contribution is -0.133. The minimum Gasteiger partial charge on any atom is -0.341 e. The van der Waals surface area contributed by atoms with Crippen molar-refractivity contribution >= 4 is 40.4 Å². The average molecular weight is 371 g/mol. The Kier molecular flexibility index (Phi) is 5.70. The quantitative estimate of drug-likeness (QED) is 0.803. The molecule has 2 rings (SSSR count). The SMILES string of the molecule is CC(NC(=O)c1ccc(Br)cc1S)C(=O)N1CCCCC1. The number of rotatable bonds is 3. The van der Waals surface area contributed by atoms with Crippen molar-refractivity contribution in [2.24, 2.45) is 0 Å². The maximum atomic E-state index is 12.3. The van der Waals surface area contributed by atoms with E-state index in [-0.39, 0.29) is 11.8 Å². The lowest BCUT2D eigenvalue weighted by atomic mass is 10.1. The van der Waals surface area contributed by atoms with Crippen molar-refractivity contribution in [3.63, 3.8) is 0 Å². The molecule has 1 saturated heterocycles. The molecule has 0 bridgehead atoms. The van der Waals surface area contributed by atoms with Crippen molar-refractivity contribution in [1.82, 2.24) is 10.2 Å². The molecule has 0 saturated carbocycles. The van der Waals surface area contributed by atoms with Crippen molar-refractivity contribution < 1.29 is 9.59 Å². The van der Waals surface area contributed by atoms with Crippen LogP contribution in [0.1, 0.15) is 36.5 Å². The number of halogens is 1. The van der Waals surface area contributed by atoms with E-state index in [1.54, 1.807) is 25.1 Å². The monoisotopic (exact) mass is 370 g/mol. The summed E-state index contributed by atoms with van der Waals surface area (Å²) in [5.74, 6) is -0.286. The molecule has 4 nitrogen and oxygen atoms in total. The predicted octanol–water partition coefficient (Wildman–Crippen LogP) is 2.87. The van der Waals surface area contributed by atoms with Crippen LogP contribution in [-0.2, 0) is 4.79 Å². The molecule has 114 valence electrons. The van der Waals surface area contributed by atoms with Crippen LogP contribution in [0.3, 0.4) is 0 Å². The fourth-order valence-corrected chi connectivity index (χ4v) is 3.27. The number of nitrogens with one attached hydrogen (secondary N) is 1. The molecule has 1 N–H and O–H groups in total. The van der Waals surface area contributed by atoms with E-state index in [0.717, 1.165) is 30.4 Å². The fraction of sp³-hybridized carbons (Fsp3) is 0.467. The molecule has 2 amide bonds. The Morgan fingerprint density at radius 1 is 1.29 bits per heavy atom. The molecule has 6 heteroatoms. The fourth-order valence-electron chi connectivity index (χ4n) is 2.42. The van der Waals surface area contributed by atoms with Gasteiger partial charge in [-0.2, -0.15) is 0 Å². The zero-order valence-corrected chi connectivity index (χ0v) is 14.4. The van der Waals surface area contributed by atoms with Gasteiger partial charge in [0, 0.05) is 22.5 Å². The normalized spacial score (nSPS) is 16.4. The Morgan fingerprint density at radius 2 is 1.95 bits per heavy atom. The van der Waals surface area contributed by atoms with Gasteiger partial charge in [-0.05, 0) is 44.4 Å². The summed E-state index contributed by atoms with van der Waals surface area (Å²) in [7, 11) is 0. The van der Waals surface area contributed by atoms with E-state index in [9.17, 15) is 9.59 Å². The summed E-state index contributed by atoms with van der Waals surface area (Å²) in [6, 6.07) is 4.72. The van der Waals surface area contributed by atoms with Crippen LogP contribution in [0.5, 0.6) is 0 Å². The maximum Gasteiger partial charge on any atom is 0.253 e. The first-order chi connectivity index (χ1) is 9.99. The van der Waals surface area contributed by atoms with Gasteiger partial charge < -0.3 is 10.2 Å². The lowest BCUT2D eigenvalue weighted by Gasteiger charge is -2.29. The number of carbonyl (C=O) groups excluding carboxylic acids is 2. The molecule has 1 aromatic carbocycles. The van der Waals surface area contributed by atoms with Gasteiger partial charge in [0.15, 0.2) is 0 Å². The summed E-state index contributed by atoms with van der Waals surface area (Å²) in [6.07, 6.45) is 3.26. The van der Waals surface area contributed by atoms with Crippen LogP contribution in [0, 0.1) is 0 Å². The van der Waals surface area contributed by atoms with Crippen LogP contribution < -0.4 is 5.32 Å². The van der Waals surface area contributed by atoms with E-state index >= 15 is 0 Å². The van der Waals surface area contributed by atoms with Crippen molar-refractivity contribution in [2.75, 3.05) is 13.1 Å². The molecule has 1 aliphatic rings. The molecular weight excluding hydrogens is 352 g/mol. The standard InChI is InChI=1S/C15H19BrN2O2S/c1-10(15(20)18-7-3-2-4-8-18)17-14(19)12-6-5-11(16)9-13(12)21/h5-6,9-10,21H,2-4,7-8H2,1H3,(H,17,19). The zero-order valence-electron chi connectivity index (χ0n) is 11.9. The third kappa shape index (κ3) is 4.23. The molecule has 1 aromatic rings. The number of nitrogens with zero attached hydrogens (tertiary/aromatic N) is 1. The Bertz CT molecular complexity index is 544. The molecule has 1 fully saturated rings. The number of benzene rings is 1. The van der Waals surface area contributed by atoms with Crippen molar-refractivity contribution in [1.29, 1.82) is 0 Å². The number of likely N-dealkylation sites (tertiary alicyclic amines) is 1. The van der Waals surface area contributed by atoms with Crippen molar-refractivity contribution in [3.8, 4) is 0 Å². The molecule has 0 aliphatic carbocycles. The number of amides is 2. The number of thiol groups is 1. The maximum absolute atomic E-state index is 12.3. The second-order valence-corrected chi connectivity index (χ2v) is 6.64. The van der Waals surface area contributed by atoms with E-state index in [2.05, 4.69) is 33.9 Å². The predicted molar refractivity (Wildman–Crippen MR) is 88.8 cm³/mol. The van der Waals surface area contributed by atoms with Crippen molar-refractivity contribution in [2.45, 2.75) is 37.1 Å². The first-order valence-corrected chi connectivity index (χ1v) is 8.31. The first-order valence-electron chi connectivity index (χ1n) is 7.07. The van der Waals surface area contributed by atoms with Crippen LogP contribution in [0.4, 0.5) is 0 Å². The van der Waals surface area contributed by atoms with Gasteiger partial charge in [0.25, 0.3) is 5.91 Å². The highest BCUT2D eigenvalue weighted by Gasteiger charge is 2.24. The molecule has 1 atom stereocenters. The van der Waals surface area contributed by atoms with E-state index in [4.69, 9.17) is 0 Å². The topological polar surface area (TPSA) is 49.4 Å². The van der Waals surface area contributed by atoms with Gasteiger partial charge in [0.05, 0.1) is 5.56 Å². The van der Waals surface area contributed by atoms with E-state index < -0.39 is 6.04 Å². The van der Waals surface area contributed by atoms with Crippen LogP contribution in [0.25, 0.3) is 0 Å². The molecule has 1 unspecified atom stereocenters. The van der Waals surface area contributed by atoms with Gasteiger partial charge in [-0.3, -0.25) is 9.59 Å². The second kappa shape index (κ2) is 7.31. The van der Waals surface area contributed by atoms with Crippen LogP contribution in [-0.4, -0.2) is 35.8 Å². The van der Waals surface area contributed by atoms with E-state index in [0.29, 0.717) is 10.5 Å². The third-order valence-corrected chi connectivity index (χ3v) is 4.45. The molecule has 21 heavy (non-hydrogen) atoms. The Morgan fingerprint density at radius 3 is 2.57 bits per heavy atom. The minimum absolute atomic E-state index is 0.0131. The Balaban J connectivity index is 1.99. The van der Waals surface area contributed by atoms with Gasteiger partial charge in [-0.1, -0.05) is 15.9 Å². The Hall–Kier alpha value is -1.01.